The molecule has 0 aliphatic heterocycles. The number of anilines is 3. The van der Waals surface area contributed by atoms with Gasteiger partial charge in [-0.25, -0.2) is 4.79 Å². The molecule has 2 saturated carbocycles. The van der Waals surface area contributed by atoms with Gasteiger partial charge in [-0.1, -0.05) is 0 Å². The molecule has 0 radical (unpaired) electrons. The molecule has 3 aliphatic rings. The third-order valence-corrected chi connectivity index (χ3v) is 9.14. The summed E-state index contributed by atoms with van der Waals surface area (Å²) in [5.74, 6) is -9.51. The predicted molar refractivity (Wildman–Crippen MR) is 164 cm³/mol. The summed E-state index contributed by atoms with van der Waals surface area (Å²) in [7, 11) is 6.42. The second kappa shape index (κ2) is 12.0. The van der Waals surface area contributed by atoms with Crippen molar-refractivity contribution in [1.82, 2.24) is 4.90 Å². The van der Waals surface area contributed by atoms with Crippen molar-refractivity contribution in [2.75, 3.05) is 43.7 Å². The van der Waals surface area contributed by atoms with Gasteiger partial charge in [-0.2, -0.15) is 0 Å². The van der Waals surface area contributed by atoms with E-state index in [-0.39, 0.29) is 35.4 Å². The molecule has 2 fully saturated rings. The van der Waals surface area contributed by atoms with Crippen molar-refractivity contribution in [3.8, 4) is 11.5 Å². The minimum atomic E-state index is -4.90. The first-order chi connectivity index (χ1) is 22.3. The number of fused-ring (bicyclic) bond motifs is 3. The average Bonchev–Trinajstić information content (AvgIpc) is 2.96. The van der Waals surface area contributed by atoms with Crippen LogP contribution in [0.25, 0.3) is 5.76 Å². The number of nitrogens with zero attached hydrogens (tertiary/aromatic N) is 2. The Kier molecular flexibility index (Phi) is 8.60. The van der Waals surface area contributed by atoms with Crippen molar-refractivity contribution in [1.29, 1.82) is 0 Å². The normalized spacial score (nSPS) is 26.8. The number of aliphatic hydroxyl groups excluding tert-OH is 2. The van der Waals surface area contributed by atoms with Crippen molar-refractivity contribution in [2.45, 2.75) is 37.0 Å². The molecule has 48 heavy (non-hydrogen) atoms. The zero-order valence-corrected chi connectivity index (χ0v) is 26.1. The fraction of sp³-hybridized carbons (Fsp3) is 0.419. The topological polar surface area (TPSA) is 215 Å². The predicted octanol–water partition coefficient (Wildman–Crippen LogP) is 1.74. The molecular formula is C31H34F3N5O9. The number of ketones is 2. The van der Waals surface area contributed by atoms with Gasteiger partial charge in [0.05, 0.1) is 17.4 Å². The van der Waals surface area contributed by atoms with Gasteiger partial charge in [0.2, 0.25) is 11.7 Å². The Balaban J connectivity index is 1.53. The summed E-state index contributed by atoms with van der Waals surface area (Å²) in [6.07, 6.45) is -6.55. The van der Waals surface area contributed by atoms with Crippen LogP contribution in [-0.4, -0.2) is 101 Å². The number of nitrogens with one attached hydrogen (secondary N) is 2. The Morgan fingerprint density at radius 1 is 1.06 bits per heavy atom. The number of benzene rings is 2. The minimum Gasteiger partial charge on any atom is -0.507 e. The molecule has 5 rings (SSSR count). The van der Waals surface area contributed by atoms with E-state index < -0.39 is 82.6 Å². The molecule has 0 spiro atoms. The zero-order valence-electron chi connectivity index (χ0n) is 26.1. The van der Waals surface area contributed by atoms with E-state index >= 15 is 0 Å². The molecular weight excluding hydrogens is 643 g/mol. The molecule has 8 N–H and O–H groups in total. The fourth-order valence-electron chi connectivity index (χ4n) is 7.17. The number of phenols is 1. The molecule has 0 bridgehead atoms. The molecule has 3 aliphatic carbocycles. The lowest BCUT2D eigenvalue weighted by Crippen LogP contribution is -2.73. The number of hydrogen-bond acceptors (Lipinski definition) is 11. The molecule has 14 nitrogen and oxygen atoms in total. The highest BCUT2D eigenvalue weighted by Gasteiger charge is 2.67. The zero-order chi connectivity index (χ0) is 35.6. The number of hydrogen-bond donors (Lipinski definition) is 7. The number of carbonyl (C=O) groups excluding carboxylic acids is 4. The van der Waals surface area contributed by atoms with Crippen LogP contribution in [0.4, 0.5) is 35.0 Å². The number of amides is 3. The summed E-state index contributed by atoms with van der Waals surface area (Å²) in [5.41, 5.74) is 2.62. The lowest BCUT2D eigenvalue weighted by molar-refractivity contribution is -0.274. The number of aliphatic hydroxyl groups is 3. The molecule has 258 valence electrons. The Morgan fingerprint density at radius 2 is 1.69 bits per heavy atom. The third kappa shape index (κ3) is 5.67. The van der Waals surface area contributed by atoms with Crippen LogP contribution in [-0.2, 0) is 20.8 Å². The number of primary amides is 1. The van der Waals surface area contributed by atoms with Crippen LogP contribution < -0.4 is 26.0 Å². The Morgan fingerprint density at radius 3 is 2.23 bits per heavy atom. The molecule has 2 aromatic rings. The highest BCUT2D eigenvalue weighted by Crippen LogP contribution is 2.54. The number of carbonyl (C=O) groups is 4. The van der Waals surface area contributed by atoms with Crippen molar-refractivity contribution in [3.63, 3.8) is 0 Å². The van der Waals surface area contributed by atoms with E-state index in [9.17, 15) is 52.8 Å². The van der Waals surface area contributed by atoms with Crippen LogP contribution in [0.2, 0.25) is 0 Å². The molecule has 3 amide bonds. The van der Waals surface area contributed by atoms with E-state index in [1.807, 2.05) is 0 Å². The van der Waals surface area contributed by atoms with Crippen molar-refractivity contribution < 1.29 is 57.5 Å². The maximum atomic E-state index is 14.1. The van der Waals surface area contributed by atoms with Gasteiger partial charge in [-0.3, -0.25) is 14.4 Å². The maximum absolute atomic E-state index is 14.1. The van der Waals surface area contributed by atoms with Crippen LogP contribution in [0.15, 0.2) is 35.9 Å². The second-order valence-corrected chi connectivity index (χ2v) is 12.5. The molecule has 6 atom stereocenters. The number of halogens is 3. The van der Waals surface area contributed by atoms with E-state index in [4.69, 9.17) is 5.73 Å². The highest BCUT2D eigenvalue weighted by molar-refractivity contribution is 6.25. The van der Waals surface area contributed by atoms with Gasteiger partial charge in [0.1, 0.15) is 17.4 Å². The Hall–Kier alpha value is -4.87. The quantitative estimate of drug-likeness (QED) is 0.173. The van der Waals surface area contributed by atoms with Gasteiger partial charge in [0.15, 0.2) is 17.1 Å². The first-order valence-corrected chi connectivity index (χ1v) is 14.7. The SMILES string of the molecule is CN(C)c1cc(NC(=O)Nc2ccc(OC(F)(F)F)cc2)c(O)c2c1CC1CC3[C@H](N(C)C)C(O)C(C(N)=O)C(=O)[C@@]3(O)C(=O)C1=C2O. The van der Waals surface area contributed by atoms with E-state index in [1.165, 1.54) is 11.0 Å². The van der Waals surface area contributed by atoms with Crippen molar-refractivity contribution >= 4 is 46.3 Å². The van der Waals surface area contributed by atoms with Crippen LogP contribution in [0.1, 0.15) is 17.5 Å². The summed E-state index contributed by atoms with van der Waals surface area (Å²) in [6.45, 7) is 0. The number of urea groups is 1. The first-order valence-electron chi connectivity index (χ1n) is 14.7. The van der Waals surface area contributed by atoms with Gasteiger partial charge in [0.25, 0.3) is 0 Å². The van der Waals surface area contributed by atoms with Crippen molar-refractivity contribution in [3.05, 3.63) is 47.0 Å². The van der Waals surface area contributed by atoms with Crippen LogP contribution in [0.3, 0.4) is 0 Å². The summed E-state index contributed by atoms with van der Waals surface area (Å²) in [4.78, 5) is 55.9. The lowest BCUT2D eigenvalue weighted by atomic mass is 9.54. The second-order valence-electron chi connectivity index (χ2n) is 12.5. The monoisotopic (exact) mass is 677 g/mol. The number of nitrogens with two attached hydrogens (primary N) is 1. The standard InChI is InChI=1S/C31H34F3N5O9/c1-38(2)18-11-17(37-29(46)36-13-5-7-14(8-6-13)48-31(32,33)34)23(40)20-15(18)9-12-10-16-22(39(3)4)25(42)21(28(35)45)27(44)30(16,47)26(43)19(12)24(20)41/h5-8,11-12,16,21-22,25,40-42,47H,9-10H2,1-4H3,(H2,35,45)(H2,36,37,46)/t12?,16?,21?,22-,25?,30-/m0/s1. The molecule has 4 unspecified atom stereocenters. The summed E-state index contributed by atoms with van der Waals surface area (Å²) in [6, 6.07) is 3.71. The summed E-state index contributed by atoms with van der Waals surface area (Å²) < 4.78 is 41.2. The number of phenolic OH excluding ortho intramolecular Hbond substituents is 1. The van der Waals surface area contributed by atoms with Gasteiger partial charge in [-0.15, -0.1) is 13.2 Å². The van der Waals surface area contributed by atoms with Gasteiger partial charge >= 0.3 is 12.4 Å². The Labute approximate surface area is 271 Å². The average molecular weight is 678 g/mol. The smallest absolute Gasteiger partial charge is 0.507 e. The number of alkyl halides is 3. The van der Waals surface area contributed by atoms with E-state index in [2.05, 4.69) is 15.4 Å². The van der Waals surface area contributed by atoms with E-state index in [1.54, 1.807) is 33.1 Å². The summed E-state index contributed by atoms with van der Waals surface area (Å²) >= 11 is 0. The summed E-state index contributed by atoms with van der Waals surface area (Å²) in [5, 5.41) is 50.6. The highest BCUT2D eigenvalue weighted by atomic mass is 19.4. The maximum Gasteiger partial charge on any atom is 0.573 e. The van der Waals surface area contributed by atoms with Gasteiger partial charge < -0.3 is 51.3 Å². The Bertz CT molecular complexity index is 1730. The van der Waals surface area contributed by atoms with Crippen LogP contribution in [0.5, 0.6) is 11.5 Å². The number of aromatic hydroxyl groups is 1. The molecule has 17 heteroatoms. The molecule has 2 aromatic carbocycles. The number of ether oxygens (including phenoxy) is 1. The lowest BCUT2D eigenvalue weighted by Gasteiger charge is -2.53. The largest absolute Gasteiger partial charge is 0.573 e. The van der Waals surface area contributed by atoms with Gasteiger partial charge in [-0.05, 0) is 68.8 Å². The number of rotatable bonds is 6. The van der Waals surface area contributed by atoms with Crippen LogP contribution >= 0.6 is 0 Å². The fourth-order valence-corrected chi connectivity index (χ4v) is 7.17. The van der Waals surface area contributed by atoms with E-state index in [0.29, 0.717) is 11.3 Å². The van der Waals surface area contributed by atoms with E-state index in [0.717, 1.165) is 24.3 Å². The molecule has 0 aromatic heterocycles. The number of likely N-dealkylation sites (N-methyl/N-ethyl adjacent to an activating group) is 1. The molecule has 0 heterocycles. The van der Waals surface area contributed by atoms with Gasteiger partial charge in [0, 0.05) is 43.0 Å². The minimum absolute atomic E-state index is 0.0383. The first kappa shape index (κ1) is 34.5. The number of Topliss-reactive ketones (excluding diaryl/α,β-unsaturated/α-hetero) is 2. The third-order valence-electron chi connectivity index (χ3n) is 9.14. The van der Waals surface area contributed by atoms with Crippen LogP contribution in [0, 0.1) is 17.8 Å². The van der Waals surface area contributed by atoms with Crippen molar-refractivity contribution in [2.24, 2.45) is 23.5 Å². The molecule has 0 saturated heterocycles.